The van der Waals surface area contributed by atoms with E-state index in [0.717, 1.165) is 29.7 Å². The molecular weight excluding hydrogens is 371 g/mol. The molecule has 2 aromatic heterocycles. The summed E-state index contributed by atoms with van der Waals surface area (Å²) in [6, 6.07) is 12.0. The molecule has 0 radical (unpaired) electrons. The Hall–Kier alpha value is -3.55. The van der Waals surface area contributed by atoms with E-state index in [1.165, 1.54) is 18.5 Å². The molecular formula is C21H19FN6O. The number of benzene rings is 2. The Morgan fingerprint density at radius 1 is 1.14 bits per heavy atom. The molecule has 0 saturated carbocycles. The average Bonchev–Trinajstić information content (AvgIpc) is 3.43. The number of hydrogen-bond acceptors (Lipinski definition) is 4. The van der Waals surface area contributed by atoms with Gasteiger partial charge in [-0.05, 0) is 37.1 Å². The number of rotatable bonds is 3. The molecule has 3 heterocycles. The molecule has 0 atom stereocenters. The third-order valence-corrected chi connectivity index (χ3v) is 5.46. The van der Waals surface area contributed by atoms with Gasteiger partial charge in [0.2, 0.25) is 0 Å². The smallest absolute Gasteiger partial charge is 0.254 e. The number of carbonyl (C=O) groups is 1. The van der Waals surface area contributed by atoms with Crippen molar-refractivity contribution in [3.05, 3.63) is 66.0 Å². The number of halogens is 1. The third-order valence-electron chi connectivity index (χ3n) is 5.46. The average molecular weight is 390 g/mol. The first kappa shape index (κ1) is 17.5. The first-order valence-corrected chi connectivity index (χ1v) is 9.58. The third kappa shape index (κ3) is 3.26. The van der Waals surface area contributed by atoms with Crippen molar-refractivity contribution < 1.29 is 9.18 Å². The molecule has 8 heteroatoms. The second-order valence-corrected chi connectivity index (χ2v) is 7.23. The summed E-state index contributed by atoms with van der Waals surface area (Å²) < 4.78 is 13.4. The van der Waals surface area contributed by atoms with Gasteiger partial charge in [0.1, 0.15) is 18.0 Å². The van der Waals surface area contributed by atoms with E-state index in [0.29, 0.717) is 30.0 Å². The molecule has 1 amide bonds. The fourth-order valence-electron chi connectivity index (χ4n) is 3.93. The van der Waals surface area contributed by atoms with Crippen LogP contribution >= 0.6 is 0 Å². The van der Waals surface area contributed by atoms with Gasteiger partial charge in [-0.25, -0.2) is 14.4 Å². The second kappa shape index (κ2) is 7.12. The molecule has 1 aliphatic rings. The van der Waals surface area contributed by atoms with Crippen LogP contribution in [0.5, 0.6) is 0 Å². The highest BCUT2D eigenvalue weighted by Gasteiger charge is 2.27. The second-order valence-electron chi connectivity index (χ2n) is 7.23. The van der Waals surface area contributed by atoms with Gasteiger partial charge in [-0.2, -0.15) is 5.10 Å². The molecule has 0 spiro atoms. The standard InChI is InChI=1S/C21H19FN6O/c22-14-5-6-17-18(11-14)26-19(25-17)13-7-9-28(10-8-13)21(29)16-4-2-1-3-15(16)20-23-12-24-27-20/h1-6,11-13H,7-10H2,(H,25,26)(H,23,24,27). The summed E-state index contributed by atoms with van der Waals surface area (Å²) in [6.07, 6.45) is 3.04. The maximum absolute atomic E-state index is 13.4. The van der Waals surface area contributed by atoms with E-state index in [4.69, 9.17) is 0 Å². The van der Waals surface area contributed by atoms with Gasteiger partial charge in [0, 0.05) is 24.6 Å². The van der Waals surface area contributed by atoms with E-state index in [1.54, 1.807) is 6.07 Å². The summed E-state index contributed by atoms with van der Waals surface area (Å²) in [4.78, 5) is 27.0. The van der Waals surface area contributed by atoms with Crippen LogP contribution in [0.2, 0.25) is 0 Å². The molecule has 146 valence electrons. The summed E-state index contributed by atoms with van der Waals surface area (Å²) >= 11 is 0. The molecule has 2 N–H and O–H groups in total. The minimum atomic E-state index is -0.279. The Labute approximate surface area is 166 Å². The van der Waals surface area contributed by atoms with Crippen LogP contribution in [0.25, 0.3) is 22.4 Å². The number of aromatic amines is 2. The van der Waals surface area contributed by atoms with Crippen molar-refractivity contribution in [3.63, 3.8) is 0 Å². The molecule has 4 aromatic rings. The highest BCUT2D eigenvalue weighted by atomic mass is 19.1. The Morgan fingerprint density at radius 2 is 1.97 bits per heavy atom. The number of carbonyl (C=O) groups excluding carboxylic acids is 1. The van der Waals surface area contributed by atoms with E-state index in [9.17, 15) is 9.18 Å². The van der Waals surface area contributed by atoms with E-state index < -0.39 is 0 Å². The number of imidazole rings is 1. The molecule has 7 nitrogen and oxygen atoms in total. The Kier molecular flexibility index (Phi) is 4.31. The maximum Gasteiger partial charge on any atom is 0.254 e. The van der Waals surface area contributed by atoms with Crippen LogP contribution in [0.1, 0.15) is 34.9 Å². The number of fused-ring (bicyclic) bond motifs is 1. The lowest BCUT2D eigenvalue weighted by Gasteiger charge is -2.31. The van der Waals surface area contributed by atoms with Gasteiger partial charge in [0.05, 0.1) is 16.6 Å². The van der Waals surface area contributed by atoms with Crippen LogP contribution < -0.4 is 0 Å². The number of hydrogen-bond donors (Lipinski definition) is 2. The van der Waals surface area contributed by atoms with E-state index in [2.05, 4.69) is 25.1 Å². The monoisotopic (exact) mass is 390 g/mol. The molecule has 2 aromatic carbocycles. The normalized spacial score (nSPS) is 15.1. The van der Waals surface area contributed by atoms with Crippen LogP contribution in [0, 0.1) is 5.82 Å². The first-order chi connectivity index (χ1) is 14.2. The number of nitrogens with zero attached hydrogens (tertiary/aromatic N) is 4. The lowest BCUT2D eigenvalue weighted by Crippen LogP contribution is -2.38. The zero-order valence-electron chi connectivity index (χ0n) is 15.6. The summed E-state index contributed by atoms with van der Waals surface area (Å²) in [6.45, 7) is 1.28. The lowest BCUT2D eigenvalue weighted by atomic mass is 9.95. The molecule has 1 saturated heterocycles. The number of H-pyrrole nitrogens is 2. The first-order valence-electron chi connectivity index (χ1n) is 9.58. The number of likely N-dealkylation sites (tertiary alicyclic amines) is 1. The predicted molar refractivity (Wildman–Crippen MR) is 106 cm³/mol. The topological polar surface area (TPSA) is 90.6 Å². The van der Waals surface area contributed by atoms with Gasteiger partial charge in [-0.3, -0.25) is 9.89 Å². The quantitative estimate of drug-likeness (QED) is 0.560. The van der Waals surface area contributed by atoms with E-state index in [1.807, 2.05) is 29.2 Å². The van der Waals surface area contributed by atoms with Crippen LogP contribution in [0.4, 0.5) is 4.39 Å². The Morgan fingerprint density at radius 3 is 2.76 bits per heavy atom. The van der Waals surface area contributed by atoms with Crippen LogP contribution in [-0.2, 0) is 0 Å². The van der Waals surface area contributed by atoms with Crippen LogP contribution in [0.3, 0.4) is 0 Å². The van der Waals surface area contributed by atoms with Gasteiger partial charge in [-0.15, -0.1) is 0 Å². The number of aromatic nitrogens is 5. The molecule has 5 rings (SSSR count). The molecule has 29 heavy (non-hydrogen) atoms. The molecule has 1 aliphatic heterocycles. The zero-order chi connectivity index (χ0) is 19.8. The van der Waals surface area contributed by atoms with Gasteiger partial charge < -0.3 is 9.88 Å². The Balaban J connectivity index is 1.32. The maximum atomic E-state index is 13.4. The van der Waals surface area contributed by atoms with Crippen LogP contribution in [0.15, 0.2) is 48.8 Å². The van der Waals surface area contributed by atoms with Gasteiger partial charge >= 0.3 is 0 Å². The molecule has 0 unspecified atom stereocenters. The van der Waals surface area contributed by atoms with Crippen molar-refractivity contribution in [2.45, 2.75) is 18.8 Å². The van der Waals surface area contributed by atoms with Crippen molar-refractivity contribution in [1.29, 1.82) is 0 Å². The summed E-state index contributed by atoms with van der Waals surface area (Å²) in [5, 5.41) is 6.71. The van der Waals surface area contributed by atoms with Crippen molar-refractivity contribution >= 4 is 16.9 Å². The number of nitrogens with one attached hydrogen (secondary N) is 2. The van der Waals surface area contributed by atoms with Gasteiger partial charge in [0.25, 0.3) is 5.91 Å². The zero-order valence-corrected chi connectivity index (χ0v) is 15.6. The summed E-state index contributed by atoms with van der Waals surface area (Å²) in [5.74, 6) is 1.37. The number of amides is 1. The molecule has 0 bridgehead atoms. The summed E-state index contributed by atoms with van der Waals surface area (Å²) in [5.41, 5.74) is 2.83. The fraction of sp³-hybridized carbons (Fsp3) is 0.238. The van der Waals surface area contributed by atoms with Crippen LogP contribution in [-0.4, -0.2) is 49.0 Å². The van der Waals surface area contributed by atoms with Crippen molar-refractivity contribution in [2.75, 3.05) is 13.1 Å². The Bertz CT molecular complexity index is 1160. The highest BCUT2D eigenvalue weighted by molar-refractivity contribution is 6.00. The van der Waals surface area contributed by atoms with E-state index in [-0.39, 0.29) is 17.6 Å². The SMILES string of the molecule is O=C(c1ccccc1-c1ncn[nH]1)N1CCC(c2nc3ccc(F)cc3[nH]2)CC1. The molecule has 0 aliphatic carbocycles. The molecule has 1 fully saturated rings. The lowest BCUT2D eigenvalue weighted by molar-refractivity contribution is 0.0712. The highest BCUT2D eigenvalue weighted by Crippen LogP contribution is 2.30. The minimum absolute atomic E-state index is 0.0119. The predicted octanol–water partition coefficient (Wildman–Crippen LogP) is 3.51. The van der Waals surface area contributed by atoms with Crippen molar-refractivity contribution in [2.24, 2.45) is 0 Å². The fourth-order valence-corrected chi connectivity index (χ4v) is 3.93. The number of piperidine rings is 1. The van der Waals surface area contributed by atoms with Gasteiger partial charge in [-0.1, -0.05) is 18.2 Å². The van der Waals surface area contributed by atoms with Gasteiger partial charge in [0.15, 0.2) is 5.82 Å². The summed E-state index contributed by atoms with van der Waals surface area (Å²) in [7, 11) is 0. The minimum Gasteiger partial charge on any atom is -0.342 e. The van der Waals surface area contributed by atoms with E-state index >= 15 is 0 Å². The van der Waals surface area contributed by atoms with Crippen molar-refractivity contribution in [3.8, 4) is 11.4 Å². The van der Waals surface area contributed by atoms with Crippen molar-refractivity contribution in [1.82, 2.24) is 30.0 Å². The largest absolute Gasteiger partial charge is 0.342 e.